The molecule has 2 heterocycles. The lowest BCUT2D eigenvalue weighted by Crippen LogP contribution is -2.45. The number of aryl methyl sites for hydroxylation is 1. The standard InChI is InChI=1S/C13H23N3O2/c1-10(6-13-9-17-5-4-14-13)16(3)8-12-7-11(2)18-15-12/h7,10,13-14H,4-6,8-9H2,1-3H3. The molecule has 0 amide bonds. The molecule has 2 unspecified atom stereocenters. The van der Waals surface area contributed by atoms with Crippen molar-refractivity contribution in [2.75, 3.05) is 26.8 Å². The minimum atomic E-state index is 0.468. The molecule has 1 aliphatic heterocycles. The highest BCUT2D eigenvalue weighted by molar-refractivity contribution is 5.03. The highest BCUT2D eigenvalue weighted by Gasteiger charge is 2.19. The first-order valence-corrected chi connectivity index (χ1v) is 6.58. The van der Waals surface area contributed by atoms with Crippen molar-refractivity contribution in [3.8, 4) is 0 Å². The molecule has 0 saturated carbocycles. The Bertz CT molecular complexity index is 361. The Morgan fingerprint density at radius 3 is 3.06 bits per heavy atom. The second kappa shape index (κ2) is 6.31. The molecule has 1 saturated heterocycles. The van der Waals surface area contributed by atoms with Gasteiger partial charge < -0.3 is 14.6 Å². The molecule has 1 aromatic heterocycles. The Kier molecular flexibility index (Phi) is 4.74. The van der Waals surface area contributed by atoms with Crippen molar-refractivity contribution in [3.63, 3.8) is 0 Å². The largest absolute Gasteiger partial charge is 0.379 e. The van der Waals surface area contributed by atoms with E-state index in [9.17, 15) is 0 Å². The number of aromatic nitrogens is 1. The van der Waals surface area contributed by atoms with Gasteiger partial charge in [0.25, 0.3) is 0 Å². The normalized spacial score (nSPS) is 22.3. The summed E-state index contributed by atoms with van der Waals surface area (Å²) < 4.78 is 10.6. The van der Waals surface area contributed by atoms with Gasteiger partial charge in [0.2, 0.25) is 0 Å². The number of ether oxygens (including phenoxy) is 1. The van der Waals surface area contributed by atoms with E-state index in [1.807, 2.05) is 13.0 Å². The van der Waals surface area contributed by atoms with Crippen molar-refractivity contribution < 1.29 is 9.26 Å². The van der Waals surface area contributed by atoms with Crippen LogP contribution in [0.2, 0.25) is 0 Å². The lowest BCUT2D eigenvalue weighted by atomic mass is 10.1. The lowest BCUT2D eigenvalue weighted by molar-refractivity contribution is 0.0636. The molecule has 1 N–H and O–H groups in total. The van der Waals surface area contributed by atoms with Crippen molar-refractivity contribution >= 4 is 0 Å². The van der Waals surface area contributed by atoms with Gasteiger partial charge in [-0.1, -0.05) is 5.16 Å². The lowest BCUT2D eigenvalue weighted by Gasteiger charge is -2.30. The van der Waals surface area contributed by atoms with Gasteiger partial charge in [0.05, 0.1) is 18.9 Å². The molecule has 18 heavy (non-hydrogen) atoms. The molecule has 5 nitrogen and oxygen atoms in total. The summed E-state index contributed by atoms with van der Waals surface area (Å²) in [6, 6.07) is 2.95. The number of rotatable bonds is 5. The predicted octanol–water partition coefficient (Wildman–Crippen LogP) is 1.18. The summed E-state index contributed by atoms with van der Waals surface area (Å²) >= 11 is 0. The Labute approximate surface area is 108 Å². The molecule has 2 rings (SSSR count). The van der Waals surface area contributed by atoms with E-state index in [1.54, 1.807) is 0 Å². The van der Waals surface area contributed by atoms with E-state index in [4.69, 9.17) is 9.26 Å². The Hall–Kier alpha value is -0.910. The van der Waals surface area contributed by atoms with Gasteiger partial charge in [-0.25, -0.2) is 0 Å². The number of nitrogens with zero attached hydrogens (tertiary/aromatic N) is 2. The molecular weight excluding hydrogens is 230 g/mol. The SMILES string of the molecule is Cc1cc(CN(C)C(C)CC2COCCN2)no1. The van der Waals surface area contributed by atoms with Crippen molar-refractivity contribution in [2.45, 2.75) is 38.9 Å². The topological polar surface area (TPSA) is 50.5 Å². The van der Waals surface area contributed by atoms with Crippen LogP contribution in [0.4, 0.5) is 0 Å². The number of hydrogen-bond donors (Lipinski definition) is 1. The van der Waals surface area contributed by atoms with Crippen LogP contribution in [0.25, 0.3) is 0 Å². The van der Waals surface area contributed by atoms with Crippen molar-refractivity contribution in [1.82, 2.24) is 15.4 Å². The number of nitrogens with one attached hydrogen (secondary N) is 1. The van der Waals surface area contributed by atoms with E-state index in [2.05, 4.69) is 29.3 Å². The molecule has 102 valence electrons. The number of morpholine rings is 1. The minimum absolute atomic E-state index is 0.468. The summed E-state index contributed by atoms with van der Waals surface area (Å²) in [6.07, 6.45) is 1.09. The third-order valence-corrected chi connectivity index (χ3v) is 3.46. The zero-order valence-corrected chi connectivity index (χ0v) is 11.5. The van der Waals surface area contributed by atoms with Gasteiger partial charge in [-0.3, -0.25) is 4.90 Å². The van der Waals surface area contributed by atoms with Crippen LogP contribution in [0.3, 0.4) is 0 Å². The van der Waals surface area contributed by atoms with E-state index in [-0.39, 0.29) is 0 Å². The second-order valence-corrected chi connectivity index (χ2v) is 5.15. The monoisotopic (exact) mass is 253 g/mol. The van der Waals surface area contributed by atoms with Gasteiger partial charge in [0.1, 0.15) is 5.76 Å². The maximum Gasteiger partial charge on any atom is 0.133 e. The molecule has 0 radical (unpaired) electrons. The summed E-state index contributed by atoms with van der Waals surface area (Å²) in [7, 11) is 2.12. The van der Waals surface area contributed by atoms with E-state index >= 15 is 0 Å². The quantitative estimate of drug-likeness (QED) is 0.854. The first kappa shape index (κ1) is 13.5. The summed E-state index contributed by atoms with van der Waals surface area (Å²) in [5.74, 6) is 0.869. The fourth-order valence-corrected chi connectivity index (χ4v) is 2.27. The minimum Gasteiger partial charge on any atom is -0.379 e. The van der Waals surface area contributed by atoms with Crippen LogP contribution in [-0.4, -0.2) is 48.9 Å². The van der Waals surface area contributed by atoms with Crippen LogP contribution in [0.5, 0.6) is 0 Å². The molecule has 0 bridgehead atoms. The van der Waals surface area contributed by atoms with Crippen LogP contribution in [0.1, 0.15) is 24.8 Å². The van der Waals surface area contributed by atoms with Crippen molar-refractivity contribution in [1.29, 1.82) is 0 Å². The van der Waals surface area contributed by atoms with Gasteiger partial charge in [0.15, 0.2) is 0 Å². The van der Waals surface area contributed by atoms with Crippen molar-refractivity contribution in [2.24, 2.45) is 0 Å². The van der Waals surface area contributed by atoms with Crippen LogP contribution in [0.15, 0.2) is 10.6 Å². The average Bonchev–Trinajstić information content (AvgIpc) is 2.76. The maximum absolute atomic E-state index is 5.48. The molecule has 0 spiro atoms. The van der Waals surface area contributed by atoms with Crippen LogP contribution in [0, 0.1) is 6.92 Å². The highest BCUT2D eigenvalue weighted by Crippen LogP contribution is 2.11. The van der Waals surface area contributed by atoms with Crippen LogP contribution in [-0.2, 0) is 11.3 Å². The average molecular weight is 253 g/mol. The summed E-state index contributed by atoms with van der Waals surface area (Å²) in [5, 5.41) is 7.52. The summed E-state index contributed by atoms with van der Waals surface area (Å²) in [6.45, 7) is 7.60. The van der Waals surface area contributed by atoms with Gasteiger partial charge >= 0.3 is 0 Å². The molecule has 1 fully saturated rings. The maximum atomic E-state index is 5.48. The first-order chi connectivity index (χ1) is 8.65. The zero-order valence-electron chi connectivity index (χ0n) is 11.5. The molecule has 2 atom stereocenters. The van der Waals surface area contributed by atoms with Gasteiger partial charge in [-0.2, -0.15) is 0 Å². The van der Waals surface area contributed by atoms with E-state index in [1.165, 1.54) is 0 Å². The van der Waals surface area contributed by atoms with Gasteiger partial charge in [-0.05, 0) is 27.3 Å². The molecule has 1 aliphatic rings. The third-order valence-electron chi connectivity index (χ3n) is 3.46. The predicted molar refractivity (Wildman–Crippen MR) is 69.4 cm³/mol. The molecule has 1 aromatic rings. The molecule has 0 aliphatic carbocycles. The van der Waals surface area contributed by atoms with Gasteiger partial charge in [0, 0.05) is 31.2 Å². The van der Waals surface area contributed by atoms with Crippen LogP contribution < -0.4 is 5.32 Å². The highest BCUT2D eigenvalue weighted by atomic mass is 16.5. The van der Waals surface area contributed by atoms with Gasteiger partial charge in [-0.15, -0.1) is 0 Å². The zero-order chi connectivity index (χ0) is 13.0. The van der Waals surface area contributed by atoms with E-state index < -0.39 is 0 Å². The number of hydrogen-bond acceptors (Lipinski definition) is 5. The van der Waals surface area contributed by atoms with E-state index in [0.717, 1.165) is 44.2 Å². The summed E-state index contributed by atoms with van der Waals surface area (Å²) in [4.78, 5) is 2.30. The Morgan fingerprint density at radius 1 is 1.61 bits per heavy atom. The fourth-order valence-electron chi connectivity index (χ4n) is 2.27. The second-order valence-electron chi connectivity index (χ2n) is 5.15. The summed E-state index contributed by atoms with van der Waals surface area (Å²) in [5.41, 5.74) is 0.995. The Balaban J connectivity index is 1.78. The molecule has 5 heteroatoms. The molecular formula is C13H23N3O2. The van der Waals surface area contributed by atoms with Crippen molar-refractivity contribution in [3.05, 3.63) is 17.5 Å². The molecule has 0 aromatic carbocycles. The Morgan fingerprint density at radius 2 is 2.44 bits per heavy atom. The fraction of sp³-hybridized carbons (Fsp3) is 0.769. The first-order valence-electron chi connectivity index (χ1n) is 6.58. The smallest absolute Gasteiger partial charge is 0.133 e. The van der Waals surface area contributed by atoms with Crippen LogP contribution >= 0.6 is 0 Å². The third kappa shape index (κ3) is 3.80. The van der Waals surface area contributed by atoms with E-state index in [0.29, 0.717) is 12.1 Å².